The van der Waals surface area contributed by atoms with Gasteiger partial charge in [-0.05, 0) is 47.9 Å². The minimum atomic E-state index is -0.450. The lowest BCUT2D eigenvalue weighted by atomic mass is 10.0. The first kappa shape index (κ1) is 26.8. The highest BCUT2D eigenvalue weighted by molar-refractivity contribution is 6.12. The van der Waals surface area contributed by atoms with Crippen LogP contribution in [0.5, 0.6) is 34.5 Å². The van der Waals surface area contributed by atoms with E-state index in [0.29, 0.717) is 58.6 Å². The predicted molar refractivity (Wildman–Crippen MR) is 153 cm³/mol. The van der Waals surface area contributed by atoms with Crippen LogP contribution in [0.25, 0.3) is 33.0 Å². The summed E-state index contributed by atoms with van der Waals surface area (Å²) in [5.41, 5.74) is 3.12. The third kappa shape index (κ3) is 4.64. The van der Waals surface area contributed by atoms with E-state index in [0.717, 1.165) is 27.5 Å². The van der Waals surface area contributed by atoms with E-state index in [1.165, 1.54) is 0 Å². The Morgan fingerprint density at radius 1 is 0.675 bits per heavy atom. The second-order valence-corrected chi connectivity index (χ2v) is 9.06. The van der Waals surface area contributed by atoms with Gasteiger partial charge in [-0.3, -0.25) is 0 Å². The molecule has 9 nitrogen and oxygen atoms in total. The Kier molecular flexibility index (Phi) is 7.46. The number of fused-ring (bicyclic) bond motifs is 3. The molecule has 3 aromatic carbocycles. The number of hydrogen-bond donors (Lipinski definition) is 0. The minimum absolute atomic E-state index is 0.398. The molecule has 5 rings (SSSR count). The molecule has 40 heavy (non-hydrogen) atoms. The van der Waals surface area contributed by atoms with Crippen LogP contribution in [0.2, 0.25) is 0 Å². The molecule has 0 aliphatic carbocycles. The van der Waals surface area contributed by atoms with Gasteiger partial charge < -0.3 is 37.4 Å². The predicted octanol–water partition coefficient (Wildman–Crippen LogP) is 5.71. The SMILES string of the molecule is COc1ccc(CCn2cc(-c3ccc(OC)c(OC)c3)c3c4cc(OC)c(OC)cc4oc(=O)c32)cc1OC. The van der Waals surface area contributed by atoms with Crippen LogP contribution < -0.4 is 34.0 Å². The Labute approximate surface area is 231 Å². The highest BCUT2D eigenvalue weighted by Crippen LogP contribution is 2.41. The van der Waals surface area contributed by atoms with Gasteiger partial charge >= 0.3 is 5.63 Å². The fraction of sp³-hybridized carbons (Fsp3) is 0.258. The zero-order valence-corrected chi connectivity index (χ0v) is 23.3. The lowest BCUT2D eigenvalue weighted by Crippen LogP contribution is -2.08. The van der Waals surface area contributed by atoms with Gasteiger partial charge in [-0.1, -0.05) is 12.1 Å². The molecule has 2 aromatic heterocycles. The first-order chi connectivity index (χ1) is 19.5. The maximum atomic E-state index is 13.5. The highest BCUT2D eigenvalue weighted by Gasteiger charge is 2.21. The number of hydrogen-bond acceptors (Lipinski definition) is 8. The van der Waals surface area contributed by atoms with E-state index < -0.39 is 5.63 Å². The van der Waals surface area contributed by atoms with Crippen LogP contribution in [0.3, 0.4) is 0 Å². The van der Waals surface area contributed by atoms with Crippen molar-refractivity contribution in [3.8, 4) is 45.6 Å². The number of aromatic nitrogens is 1. The second-order valence-electron chi connectivity index (χ2n) is 9.06. The summed E-state index contributed by atoms with van der Waals surface area (Å²) in [6, 6.07) is 15.0. The van der Waals surface area contributed by atoms with E-state index in [1.807, 2.05) is 53.2 Å². The molecular weight excluding hydrogens is 514 g/mol. The summed E-state index contributed by atoms with van der Waals surface area (Å²) >= 11 is 0. The van der Waals surface area contributed by atoms with Crippen molar-refractivity contribution in [3.63, 3.8) is 0 Å². The van der Waals surface area contributed by atoms with Gasteiger partial charge in [0.2, 0.25) is 0 Å². The molecular formula is C31H31NO8. The number of benzene rings is 3. The lowest BCUT2D eigenvalue weighted by Gasteiger charge is -2.11. The Morgan fingerprint density at radius 3 is 1.90 bits per heavy atom. The number of nitrogens with zero attached hydrogens (tertiary/aromatic N) is 1. The molecule has 0 aliphatic heterocycles. The normalized spacial score (nSPS) is 11.1. The summed E-state index contributed by atoms with van der Waals surface area (Å²) in [4.78, 5) is 13.5. The van der Waals surface area contributed by atoms with Crippen molar-refractivity contribution < 1.29 is 32.8 Å². The van der Waals surface area contributed by atoms with E-state index >= 15 is 0 Å². The van der Waals surface area contributed by atoms with Crippen molar-refractivity contribution >= 4 is 21.9 Å². The maximum absolute atomic E-state index is 13.5. The largest absolute Gasteiger partial charge is 0.493 e. The van der Waals surface area contributed by atoms with Crippen molar-refractivity contribution in [2.24, 2.45) is 0 Å². The van der Waals surface area contributed by atoms with Crippen molar-refractivity contribution in [1.82, 2.24) is 4.57 Å². The molecule has 0 amide bonds. The van der Waals surface area contributed by atoms with Crippen molar-refractivity contribution in [3.05, 3.63) is 70.7 Å². The molecule has 0 aliphatic rings. The molecule has 0 fully saturated rings. The van der Waals surface area contributed by atoms with Crippen LogP contribution in [0.1, 0.15) is 5.56 Å². The van der Waals surface area contributed by atoms with E-state index in [1.54, 1.807) is 48.7 Å². The Bertz CT molecular complexity index is 1750. The summed E-state index contributed by atoms with van der Waals surface area (Å²) in [5.74, 6) is 3.50. The molecule has 0 atom stereocenters. The van der Waals surface area contributed by atoms with Crippen LogP contribution in [0.15, 0.2) is 63.9 Å². The first-order valence-electron chi connectivity index (χ1n) is 12.6. The third-order valence-electron chi connectivity index (χ3n) is 7.01. The molecule has 0 N–H and O–H groups in total. The molecule has 208 valence electrons. The van der Waals surface area contributed by atoms with Gasteiger partial charge in [0.1, 0.15) is 11.1 Å². The van der Waals surface area contributed by atoms with Gasteiger partial charge in [0.15, 0.2) is 34.5 Å². The molecule has 0 spiro atoms. The molecule has 0 unspecified atom stereocenters. The average Bonchev–Trinajstić information content (AvgIpc) is 3.39. The van der Waals surface area contributed by atoms with E-state index in [2.05, 4.69) is 0 Å². The van der Waals surface area contributed by atoms with Crippen LogP contribution in [0, 0.1) is 0 Å². The molecule has 9 heteroatoms. The van der Waals surface area contributed by atoms with E-state index in [4.69, 9.17) is 32.8 Å². The molecule has 2 heterocycles. The standard InChI is InChI=1S/C31H31NO8/c1-34-22-9-7-18(13-25(22)36-3)11-12-32-17-21(19-8-10-23(35-2)26(14-19)37-4)29-20-15-27(38-5)28(39-6)16-24(20)40-31(33)30(29)32/h7-10,13-17H,11-12H2,1-6H3. The molecule has 0 bridgehead atoms. The van der Waals surface area contributed by atoms with Crippen LogP contribution in [-0.2, 0) is 13.0 Å². The lowest BCUT2D eigenvalue weighted by molar-refractivity contribution is 0.354. The topological polar surface area (TPSA) is 90.5 Å². The second kappa shape index (κ2) is 11.1. The summed E-state index contributed by atoms with van der Waals surface area (Å²) in [5, 5.41) is 1.47. The zero-order chi connectivity index (χ0) is 28.4. The quantitative estimate of drug-likeness (QED) is 0.206. The maximum Gasteiger partial charge on any atom is 0.361 e. The fourth-order valence-electron chi connectivity index (χ4n) is 5.02. The Balaban J connectivity index is 1.73. The third-order valence-corrected chi connectivity index (χ3v) is 7.01. The number of ether oxygens (including phenoxy) is 6. The fourth-order valence-corrected chi connectivity index (χ4v) is 5.02. The smallest absolute Gasteiger partial charge is 0.361 e. The summed E-state index contributed by atoms with van der Waals surface area (Å²) in [6.07, 6.45) is 2.61. The van der Waals surface area contributed by atoms with E-state index in [9.17, 15) is 4.79 Å². The molecule has 0 saturated heterocycles. The van der Waals surface area contributed by atoms with Gasteiger partial charge in [-0.15, -0.1) is 0 Å². The Hall–Kier alpha value is -4.79. The molecule has 0 saturated carbocycles. The Morgan fingerprint density at radius 2 is 1.25 bits per heavy atom. The van der Waals surface area contributed by atoms with Crippen molar-refractivity contribution in [1.29, 1.82) is 0 Å². The average molecular weight is 546 g/mol. The number of methoxy groups -OCH3 is 6. The summed E-state index contributed by atoms with van der Waals surface area (Å²) in [7, 11) is 9.51. The van der Waals surface area contributed by atoms with Gasteiger partial charge in [-0.2, -0.15) is 0 Å². The summed E-state index contributed by atoms with van der Waals surface area (Å²) < 4.78 is 40.6. The number of rotatable bonds is 10. The molecule has 5 aromatic rings. The van der Waals surface area contributed by atoms with Crippen molar-refractivity contribution in [2.45, 2.75) is 13.0 Å². The van der Waals surface area contributed by atoms with Crippen LogP contribution in [-0.4, -0.2) is 47.2 Å². The zero-order valence-electron chi connectivity index (χ0n) is 23.3. The van der Waals surface area contributed by atoms with Crippen LogP contribution in [0.4, 0.5) is 0 Å². The monoisotopic (exact) mass is 545 g/mol. The first-order valence-corrected chi connectivity index (χ1v) is 12.6. The van der Waals surface area contributed by atoms with E-state index in [-0.39, 0.29) is 0 Å². The number of aryl methyl sites for hydroxylation is 2. The van der Waals surface area contributed by atoms with Gasteiger partial charge in [0.25, 0.3) is 0 Å². The molecule has 0 radical (unpaired) electrons. The van der Waals surface area contributed by atoms with Gasteiger partial charge in [0.05, 0.1) is 42.7 Å². The van der Waals surface area contributed by atoms with Gasteiger partial charge in [-0.25, -0.2) is 4.79 Å². The summed E-state index contributed by atoms with van der Waals surface area (Å²) in [6.45, 7) is 0.517. The highest BCUT2D eigenvalue weighted by atomic mass is 16.5. The van der Waals surface area contributed by atoms with Crippen molar-refractivity contribution in [2.75, 3.05) is 42.7 Å². The van der Waals surface area contributed by atoms with Crippen LogP contribution >= 0.6 is 0 Å². The minimum Gasteiger partial charge on any atom is -0.493 e. The van der Waals surface area contributed by atoms with Gasteiger partial charge in [0, 0.05) is 35.1 Å².